The lowest BCUT2D eigenvalue weighted by Crippen LogP contribution is -2.44. The van der Waals surface area contributed by atoms with Gasteiger partial charge in [0.15, 0.2) is 0 Å². The van der Waals surface area contributed by atoms with Gasteiger partial charge < -0.3 is 4.90 Å². The van der Waals surface area contributed by atoms with Crippen LogP contribution in [-0.2, 0) is 9.59 Å². The normalized spacial score (nSPS) is 33.3. The Bertz CT molecular complexity index is 262. The lowest BCUT2D eigenvalue weighted by atomic mass is 9.94. The molecule has 1 amide bonds. The van der Waals surface area contributed by atoms with E-state index in [0.717, 1.165) is 25.8 Å². The van der Waals surface area contributed by atoms with Gasteiger partial charge in [-0.1, -0.05) is 0 Å². The molecule has 1 aliphatic carbocycles. The van der Waals surface area contributed by atoms with Gasteiger partial charge >= 0.3 is 0 Å². The molecule has 0 aromatic heterocycles. The van der Waals surface area contributed by atoms with Crippen molar-refractivity contribution >= 4 is 11.7 Å². The molecule has 1 heterocycles. The van der Waals surface area contributed by atoms with Gasteiger partial charge in [-0.05, 0) is 19.3 Å². The second-order valence-electron chi connectivity index (χ2n) is 4.21. The number of rotatable bonds is 0. The van der Waals surface area contributed by atoms with Gasteiger partial charge in [-0.2, -0.15) is 0 Å². The van der Waals surface area contributed by atoms with Gasteiger partial charge in [0.2, 0.25) is 5.91 Å². The zero-order valence-electron chi connectivity index (χ0n) is 8.01. The fraction of sp³-hybridized carbons (Fsp3) is 0.800. The van der Waals surface area contributed by atoms with Crippen LogP contribution < -0.4 is 0 Å². The summed E-state index contributed by atoms with van der Waals surface area (Å²) in [5, 5.41) is 0. The molecule has 1 saturated heterocycles. The summed E-state index contributed by atoms with van der Waals surface area (Å²) in [6.45, 7) is 2.46. The summed E-state index contributed by atoms with van der Waals surface area (Å²) in [5.41, 5.74) is -0.0666. The molecule has 3 nitrogen and oxygen atoms in total. The molecule has 2 fully saturated rings. The first kappa shape index (κ1) is 8.73. The average molecular weight is 181 g/mol. The topological polar surface area (TPSA) is 37.4 Å². The van der Waals surface area contributed by atoms with Crippen LogP contribution in [0, 0.1) is 0 Å². The molecule has 2 aliphatic rings. The summed E-state index contributed by atoms with van der Waals surface area (Å²) in [4.78, 5) is 24.5. The standard InChI is InChI=1S/C10H15NO2/c1-8(12)11-6-2-4-10(11)5-3-9(13)7-10/h2-7H2,1H3. The van der Waals surface area contributed by atoms with E-state index in [0.29, 0.717) is 18.6 Å². The van der Waals surface area contributed by atoms with Crippen LogP contribution in [0.2, 0.25) is 0 Å². The predicted molar refractivity (Wildman–Crippen MR) is 48.2 cm³/mol. The summed E-state index contributed by atoms with van der Waals surface area (Å²) in [6.07, 6.45) is 4.26. The van der Waals surface area contributed by atoms with E-state index in [1.54, 1.807) is 6.92 Å². The lowest BCUT2D eigenvalue weighted by Gasteiger charge is -2.33. The van der Waals surface area contributed by atoms with Crippen molar-refractivity contribution in [1.29, 1.82) is 0 Å². The number of Topliss-reactive ketones (excluding diaryl/α,β-unsaturated/α-hetero) is 1. The van der Waals surface area contributed by atoms with Crippen LogP contribution in [0.3, 0.4) is 0 Å². The Balaban J connectivity index is 2.21. The number of amides is 1. The first-order valence-corrected chi connectivity index (χ1v) is 4.94. The fourth-order valence-electron chi connectivity index (χ4n) is 2.79. The Kier molecular flexibility index (Phi) is 1.90. The first-order valence-electron chi connectivity index (χ1n) is 4.94. The number of hydrogen-bond donors (Lipinski definition) is 0. The number of hydrogen-bond acceptors (Lipinski definition) is 2. The third kappa shape index (κ3) is 1.26. The zero-order chi connectivity index (χ0) is 9.47. The van der Waals surface area contributed by atoms with Crippen LogP contribution in [-0.4, -0.2) is 28.7 Å². The summed E-state index contributed by atoms with van der Waals surface area (Å²) in [6, 6.07) is 0. The molecule has 1 spiro atoms. The quantitative estimate of drug-likeness (QED) is 0.561. The SMILES string of the molecule is CC(=O)N1CCCC12CCC(=O)C2. The van der Waals surface area contributed by atoms with Gasteiger partial charge in [-0.15, -0.1) is 0 Å². The molecule has 0 radical (unpaired) electrons. The number of carbonyl (C=O) groups excluding carboxylic acids is 2. The van der Waals surface area contributed by atoms with E-state index < -0.39 is 0 Å². The van der Waals surface area contributed by atoms with Crippen molar-refractivity contribution in [1.82, 2.24) is 4.90 Å². The summed E-state index contributed by atoms with van der Waals surface area (Å²) in [5.74, 6) is 0.459. The fourth-order valence-corrected chi connectivity index (χ4v) is 2.79. The van der Waals surface area contributed by atoms with E-state index >= 15 is 0 Å². The van der Waals surface area contributed by atoms with E-state index in [-0.39, 0.29) is 11.4 Å². The maximum absolute atomic E-state index is 11.3. The van der Waals surface area contributed by atoms with Crippen molar-refractivity contribution in [3.63, 3.8) is 0 Å². The van der Waals surface area contributed by atoms with Crippen LogP contribution in [0.1, 0.15) is 39.0 Å². The van der Waals surface area contributed by atoms with Gasteiger partial charge in [0.1, 0.15) is 5.78 Å². The van der Waals surface area contributed by atoms with Crippen LogP contribution >= 0.6 is 0 Å². The minimum Gasteiger partial charge on any atom is -0.337 e. The molecule has 1 aliphatic heterocycles. The van der Waals surface area contributed by atoms with Crippen molar-refractivity contribution < 1.29 is 9.59 Å². The maximum atomic E-state index is 11.3. The number of nitrogens with zero attached hydrogens (tertiary/aromatic N) is 1. The van der Waals surface area contributed by atoms with Gasteiger partial charge in [-0.25, -0.2) is 0 Å². The highest BCUT2D eigenvalue weighted by Crippen LogP contribution is 2.41. The van der Waals surface area contributed by atoms with Crippen LogP contribution in [0.5, 0.6) is 0 Å². The Hall–Kier alpha value is -0.860. The highest BCUT2D eigenvalue weighted by atomic mass is 16.2. The molecule has 0 aromatic rings. The predicted octanol–water partition coefficient (Wildman–Crippen LogP) is 1.12. The average Bonchev–Trinajstić information content (AvgIpc) is 2.60. The minimum absolute atomic E-state index is 0.0666. The zero-order valence-corrected chi connectivity index (χ0v) is 8.01. The van der Waals surface area contributed by atoms with E-state index in [9.17, 15) is 9.59 Å². The van der Waals surface area contributed by atoms with Crippen molar-refractivity contribution in [2.75, 3.05) is 6.54 Å². The highest BCUT2D eigenvalue weighted by molar-refractivity contribution is 5.84. The lowest BCUT2D eigenvalue weighted by molar-refractivity contribution is -0.133. The number of carbonyl (C=O) groups is 2. The summed E-state index contributed by atoms with van der Waals surface area (Å²) >= 11 is 0. The van der Waals surface area contributed by atoms with Crippen molar-refractivity contribution in [3.05, 3.63) is 0 Å². The number of ketones is 1. The van der Waals surface area contributed by atoms with Crippen LogP contribution in [0.15, 0.2) is 0 Å². The van der Waals surface area contributed by atoms with Crippen molar-refractivity contribution in [2.45, 2.75) is 44.6 Å². The molecule has 72 valence electrons. The minimum atomic E-state index is -0.0666. The molecular formula is C10H15NO2. The van der Waals surface area contributed by atoms with Crippen LogP contribution in [0.4, 0.5) is 0 Å². The highest BCUT2D eigenvalue weighted by Gasteiger charge is 2.47. The molecule has 1 atom stereocenters. The van der Waals surface area contributed by atoms with E-state index in [1.165, 1.54) is 0 Å². The summed E-state index contributed by atoms with van der Waals surface area (Å²) < 4.78 is 0. The van der Waals surface area contributed by atoms with E-state index in [2.05, 4.69) is 0 Å². The first-order chi connectivity index (χ1) is 6.14. The van der Waals surface area contributed by atoms with Gasteiger partial charge in [0, 0.05) is 26.3 Å². The van der Waals surface area contributed by atoms with E-state index in [1.807, 2.05) is 4.90 Å². The van der Waals surface area contributed by atoms with Crippen LogP contribution in [0.25, 0.3) is 0 Å². The molecule has 1 unspecified atom stereocenters. The monoisotopic (exact) mass is 181 g/mol. The maximum Gasteiger partial charge on any atom is 0.219 e. The Labute approximate surface area is 78.1 Å². The molecule has 0 aromatic carbocycles. The Morgan fingerprint density at radius 3 is 2.77 bits per heavy atom. The van der Waals surface area contributed by atoms with Gasteiger partial charge in [0.25, 0.3) is 0 Å². The Morgan fingerprint density at radius 1 is 1.46 bits per heavy atom. The molecule has 13 heavy (non-hydrogen) atoms. The second kappa shape index (κ2) is 2.82. The molecule has 0 bridgehead atoms. The largest absolute Gasteiger partial charge is 0.337 e. The van der Waals surface area contributed by atoms with Crippen molar-refractivity contribution in [3.8, 4) is 0 Å². The van der Waals surface area contributed by atoms with E-state index in [4.69, 9.17) is 0 Å². The van der Waals surface area contributed by atoms with Crippen molar-refractivity contribution in [2.24, 2.45) is 0 Å². The third-order valence-electron chi connectivity index (χ3n) is 3.37. The molecular weight excluding hydrogens is 166 g/mol. The molecule has 0 N–H and O–H groups in total. The molecule has 1 saturated carbocycles. The summed E-state index contributed by atoms with van der Waals surface area (Å²) in [7, 11) is 0. The Morgan fingerprint density at radius 2 is 2.23 bits per heavy atom. The number of likely N-dealkylation sites (tertiary alicyclic amines) is 1. The second-order valence-corrected chi connectivity index (χ2v) is 4.21. The third-order valence-corrected chi connectivity index (χ3v) is 3.37. The smallest absolute Gasteiger partial charge is 0.219 e. The van der Waals surface area contributed by atoms with Gasteiger partial charge in [-0.3, -0.25) is 9.59 Å². The van der Waals surface area contributed by atoms with Gasteiger partial charge in [0.05, 0.1) is 5.54 Å². The molecule has 2 rings (SSSR count). The molecule has 3 heteroatoms.